The molecule has 0 radical (unpaired) electrons. The monoisotopic (exact) mass is 212 g/mol. The highest BCUT2D eigenvalue weighted by Crippen LogP contribution is 2.12. The van der Waals surface area contributed by atoms with Gasteiger partial charge in [-0.1, -0.05) is 6.08 Å². The van der Waals surface area contributed by atoms with Crippen molar-refractivity contribution < 1.29 is 9.53 Å². The van der Waals surface area contributed by atoms with Gasteiger partial charge in [0.25, 0.3) is 0 Å². The minimum Gasteiger partial charge on any atom is -0.381 e. The van der Waals surface area contributed by atoms with Crippen molar-refractivity contribution in [3.8, 4) is 0 Å². The first-order valence-corrected chi connectivity index (χ1v) is 5.40. The number of ether oxygens (including phenoxy) is 1. The molecular formula is C11H20N2O2. The largest absolute Gasteiger partial charge is 0.381 e. The molecule has 0 bridgehead atoms. The Hall–Kier alpha value is -0.870. The normalized spacial score (nSPS) is 17.4. The maximum Gasteiger partial charge on any atom is 0.236 e. The Morgan fingerprint density at radius 3 is 2.87 bits per heavy atom. The summed E-state index contributed by atoms with van der Waals surface area (Å²) in [5.74, 6) is 0.142. The number of nitrogens with one attached hydrogen (secondary N) is 1. The van der Waals surface area contributed by atoms with Crippen LogP contribution in [-0.2, 0) is 9.53 Å². The van der Waals surface area contributed by atoms with Gasteiger partial charge in [-0.2, -0.15) is 0 Å². The molecule has 0 aromatic heterocycles. The van der Waals surface area contributed by atoms with Crippen LogP contribution in [0, 0.1) is 0 Å². The van der Waals surface area contributed by atoms with Crippen molar-refractivity contribution in [3.05, 3.63) is 12.7 Å². The van der Waals surface area contributed by atoms with Gasteiger partial charge in [-0.3, -0.25) is 4.79 Å². The first-order chi connectivity index (χ1) is 7.25. The van der Waals surface area contributed by atoms with E-state index in [-0.39, 0.29) is 5.91 Å². The van der Waals surface area contributed by atoms with Gasteiger partial charge in [0, 0.05) is 32.8 Å². The summed E-state index contributed by atoms with van der Waals surface area (Å²) in [6, 6.07) is 0.344. The number of hydrogen-bond donors (Lipinski definition) is 1. The first-order valence-electron chi connectivity index (χ1n) is 5.40. The number of carbonyl (C=O) groups excluding carboxylic acids is 1. The molecule has 1 aliphatic heterocycles. The average Bonchev–Trinajstić information content (AvgIpc) is 2.29. The molecule has 0 atom stereocenters. The Morgan fingerprint density at radius 1 is 1.60 bits per heavy atom. The van der Waals surface area contributed by atoms with E-state index in [1.165, 1.54) is 0 Å². The lowest BCUT2D eigenvalue weighted by Gasteiger charge is -2.31. The van der Waals surface area contributed by atoms with Crippen LogP contribution in [0.5, 0.6) is 0 Å². The van der Waals surface area contributed by atoms with E-state index in [1.54, 1.807) is 6.08 Å². The van der Waals surface area contributed by atoms with Crippen molar-refractivity contribution in [2.45, 2.75) is 18.9 Å². The number of likely N-dealkylation sites (N-methyl/N-ethyl adjacent to an activating group) is 1. The van der Waals surface area contributed by atoms with Gasteiger partial charge in [0.1, 0.15) is 0 Å². The second-order valence-corrected chi connectivity index (χ2v) is 3.77. The lowest BCUT2D eigenvalue weighted by Crippen LogP contribution is -2.44. The second kappa shape index (κ2) is 6.58. The van der Waals surface area contributed by atoms with Gasteiger partial charge in [0.05, 0.1) is 6.54 Å². The van der Waals surface area contributed by atoms with Crippen LogP contribution in [0.3, 0.4) is 0 Å². The van der Waals surface area contributed by atoms with E-state index in [4.69, 9.17) is 4.74 Å². The van der Waals surface area contributed by atoms with Gasteiger partial charge >= 0.3 is 0 Å². The fraction of sp³-hybridized carbons (Fsp3) is 0.727. The Morgan fingerprint density at radius 2 is 2.27 bits per heavy atom. The third-order valence-electron chi connectivity index (χ3n) is 2.70. The lowest BCUT2D eigenvalue weighted by molar-refractivity contribution is -0.132. The maximum atomic E-state index is 11.7. The standard InChI is InChI=1S/C11H20N2O2/c1-3-6-12-9-11(14)13(2)10-4-7-15-8-5-10/h3,10,12H,1,4-9H2,2H3. The Labute approximate surface area is 91.3 Å². The van der Waals surface area contributed by atoms with Crippen LogP contribution in [0.25, 0.3) is 0 Å². The van der Waals surface area contributed by atoms with E-state index in [1.807, 2.05) is 11.9 Å². The SMILES string of the molecule is C=CCNCC(=O)N(C)C1CCOCC1. The molecule has 0 unspecified atom stereocenters. The molecule has 0 spiro atoms. The molecular weight excluding hydrogens is 192 g/mol. The summed E-state index contributed by atoms with van der Waals surface area (Å²) < 4.78 is 5.26. The van der Waals surface area contributed by atoms with Crippen molar-refractivity contribution in [2.24, 2.45) is 0 Å². The van der Waals surface area contributed by atoms with Crippen LogP contribution in [0.4, 0.5) is 0 Å². The van der Waals surface area contributed by atoms with Crippen molar-refractivity contribution >= 4 is 5.91 Å². The average molecular weight is 212 g/mol. The topological polar surface area (TPSA) is 41.6 Å². The van der Waals surface area contributed by atoms with Gasteiger partial charge < -0.3 is 15.0 Å². The number of rotatable bonds is 5. The molecule has 4 heteroatoms. The summed E-state index contributed by atoms with van der Waals surface area (Å²) in [5.41, 5.74) is 0. The number of carbonyl (C=O) groups is 1. The van der Waals surface area contributed by atoms with Crippen LogP contribution in [0.15, 0.2) is 12.7 Å². The van der Waals surface area contributed by atoms with Gasteiger partial charge in [0.15, 0.2) is 0 Å². The molecule has 0 aromatic rings. The minimum absolute atomic E-state index is 0.142. The maximum absolute atomic E-state index is 11.7. The van der Waals surface area contributed by atoms with Gasteiger partial charge in [-0.25, -0.2) is 0 Å². The fourth-order valence-electron chi connectivity index (χ4n) is 1.68. The molecule has 1 fully saturated rings. The number of nitrogens with zero attached hydrogens (tertiary/aromatic N) is 1. The molecule has 0 aliphatic carbocycles. The molecule has 1 N–H and O–H groups in total. The summed E-state index contributed by atoms with van der Waals surface area (Å²) in [5, 5.41) is 3.01. The van der Waals surface area contributed by atoms with E-state index in [2.05, 4.69) is 11.9 Å². The quantitative estimate of drug-likeness (QED) is 0.530. The molecule has 1 rings (SSSR count). The summed E-state index contributed by atoms with van der Waals surface area (Å²) in [4.78, 5) is 13.5. The Kier molecular flexibility index (Phi) is 5.36. The lowest BCUT2D eigenvalue weighted by atomic mass is 10.1. The highest BCUT2D eigenvalue weighted by Gasteiger charge is 2.21. The zero-order chi connectivity index (χ0) is 11.1. The molecule has 1 aliphatic rings. The molecule has 86 valence electrons. The van der Waals surface area contributed by atoms with Gasteiger partial charge in [-0.15, -0.1) is 6.58 Å². The Balaban J connectivity index is 2.27. The molecule has 1 saturated heterocycles. The number of amides is 1. The zero-order valence-electron chi connectivity index (χ0n) is 9.37. The zero-order valence-corrected chi connectivity index (χ0v) is 9.37. The number of hydrogen-bond acceptors (Lipinski definition) is 3. The van der Waals surface area contributed by atoms with Crippen LogP contribution < -0.4 is 5.32 Å². The highest BCUT2D eigenvalue weighted by atomic mass is 16.5. The van der Waals surface area contributed by atoms with Gasteiger partial charge in [-0.05, 0) is 12.8 Å². The summed E-state index contributed by atoms with van der Waals surface area (Å²) in [6.45, 7) is 6.18. The minimum atomic E-state index is 0.142. The van der Waals surface area contributed by atoms with E-state index in [9.17, 15) is 4.79 Å². The molecule has 4 nitrogen and oxygen atoms in total. The van der Waals surface area contributed by atoms with Crippen LogP contribution in [0.1, 0.15) is 12.8 Å². The van der Waals surface area contributed by atoms with Crippen LogP contribution in [-0.4, -0.2) is 50.2 Å². The van der Waals surface area contributed by atoms with E-state index >= 15 is 0 Å². The van der Waals surface area contributed by atoms with E-state index in [0.29, 0.717) is 19.1 Å². The Bertz CT molecular complexity index is 213. The van der Waals surface area contributed by atoms with Crippen molar-refractivity contribution in [3.63, 3.8) is 0 Å². The van der Waals surface area contributed by atoms with E-state index in [0.717, 1.165) is 26.1 Å². The molecule has 0 saturated carbocycles. The highest BCUT2D eigenvalue weighted by molar-refractivity contribution is 5.78. The fourth-order valence-corrected chi connectivity index (χ4v) is 1.68. The molecule has 15 heavy (non-hydrogen) atoms. The van der Waals surface area contributed by atoms with Crippen molar-refractivity contribution in [1.82, 2.24) is 10.2 Å². The predicted octanol–water partition coefficient (Wildman–Crippen LogP) is 0.399. The third kappa shape index (κ3) is 4.01. The van der Waals surface area contributed by atoms with E-state index < -0.39 is 0 Å². The molecule has 0 aromatic carbocycles. The summed E-state index contributed by atoms with van der Waals surface area (Å²) in [7, 11) is 1.87. The third-order valence-corrected chi connectivity index (χ3v) is 2.70. The van der Waals surface area contributed by atoms with Crippen molar-refractivity contribution in [1.29, 1.82) is 0 Å². The second-order valence-electron chi connectivity index (χ2n) is 3.77. The summed E-state index contributed by atoms with van der Waals surface area (Å²) in [6.07, 6.45) is 3.65. The van der Waals surface area contributed by atoms with Crippen molar-refractivity contribution in [2.75, 3.05) is 33.4 Å². The molecule has 1 amide bonds. The predicted molar refractivity (Wildman–Crippen MR) is 59.7 cm³/mol. The van der Waals surface area contributed by atoms with Gasteiger partial charge in [0.2, 0.25) is 5.91 Å². The van der Waals surface area contributed by atoms with Crippen LogP contribution >= 0.6 is 0 Å². The first kappa shape index (κ1) is 12.2. The summed E-state index contributed by atoms with van der Waals surface area (Å²) >= 11 is 0. The smallest absolute Gasteiger partial charge is 0.236 e. The molecule has 1 heterocycles. The van der Waals surface area contributed by atoms with Crippen LogP contribution in [0.2, 0.25) is 0 Å².